The number of amides is 4. The van der Waals surface area contributed by atoms with Gasteiger partial charge in [-0.3, -0.25) is 14.5 Å². The van der Waals surface area contributed by atoms with Gasteiger partial charge in [-0.2, -0.15) is 0 Å². The summed E-state index contributed by atoms with van der Waals surface area (Å²) in [5.74, 6) is -1.14. The largest absolute Gasteiger partial charge is 0.326 e. The number of rotatable bonds is 5. The summed E-state index contributed by atoms with van der Waals surface area (Å²) in [6.45, 7) is 1.62. The minimum atomic E-state index is -1.10. The second-order valence-electron chi connectivity index (χ2n) is 5.79. The fourth-order valence-electron chi connectivity index (χ4n) is 2.60. The van der Waals surface area contributed by atoms with Gasteiger partial charge in [0.2, 0.25) is 5.91 Å². The number of carbonyl (C=O) groups is 3. The van der Waals surface area contributed by atoms with E-state index in [4.69, 9.17) is 0 Å². The Labute approximate surface area is 147 Å². The molecule has 2 heterocycles. The Kier molecular flexibility index (Phi) is 4.54. The zero-order valence-corrected chi connectivity index (χ0v) is 14.2. The van der Waals surface area contributed by atoms with Crippen molar-refractivity contribution in [3.63, 3.8) is 0 Å². The molecule has 1 atom stereocenters. The van der Waals surface area contributed by atoms with Crippen LogP contribution in [-0.2, 0) is 15.1 Å². The van der Waals surface area contributed by atoms with E-state index in [1.165, 1.54) is 35.6 Å². The van der Waals surface area contributed by atoms with Crippen LogP contribution in [0.5, 0.6) is 0 Å². The Bertz CT molecular complexity index is 807. The van der Waals surface area contributed by atoms with Gasteiger partial charge in [0, 0.05) is 23.5 Å². The Morgan fingerprint density at radius 2 is 2.00 bits per heavy atom. The summed E-state index contributed by atoms with van der Waals surface area (Å²) in [6, 6.07) is 8.43. The van der Waals surface area contributed by atoms with Gasteiger partial charge in [0.05, 0.1) is 0 Å². The van der Waals surface area contributed by atoms with Gasteiger partial charge in [0.25, 0.3) is 5.91 Å². The normalized spacial score (nSPS) is 19.8. The van der Waals surface area contributed by atoms with E-state index < -0.39 is 17.4 Å². The fraction of sp³-hybridized carbons (Fsp3) is 0.235. The van der Waals surface area contributed by atoms with Crippen LogP contribution in [0.25, 0.3) is 0 Å². The average Bonchev–Trinajstić information content (AvgIpc) is 3.18. The first-order valence-corrected chi connectivity index (χ1v) is 8.51. The quantitative estimate of drug-likeness (QED) is 0.804. The van der Waals surface area contributed by atoms with Gasteiger partial charge in [-0.25, -0.2) is 9.18 Å². The summed E-state index contributed by atoms with van der Waals surface area (Å²) >= 11 is 1.38. The molecule has 1 aliphatic rings. The standard InChI is InChI=1S/C17H16FN3O3S/c1-17(13-3-2-10-25-13)15(23)21(16(24)20-17)9-8-14(22)19-12-6-4-11(18)5-7-12/h2-7,10H,8-9H2,1H3,(H,19,22)(H,20,24)/t17-/m1/s1. The maximum atomic E-state index is 12.9. The minimum absolute atomic E-state index is 0.0291. The van der Waals surface area contributed by atoms with Crippen LogP contribution in [0, 0.1) is 5.82 Å². The van der Waals surface area contributed by atoms with Gasteiger partial charge in [-0.05, 0) is 42.6 Å². The van der Waals surface area contributed by atoms with E-state index in [2.05, 4.69) is 10.6 Å². The predicted molar refractivity (Wildman–Crippen MR) is 91.6 cm³/mol. The molecule has 3 rings (SSSR count). The zero-order chi connectivity index (χ0) is 18.0. The zero-order valence-electron chi connectivity index (χ0n) is 13.4. The van der Waals surface area contributed by atoms with Crippen LogP contribution in [0.3, 0.4) is 0 Å². The van der Waals surface area contributed by atoms with Gasteiger partial charge in [-0.15, -0.1) is 11.3 Å². The molecule has 0 bridgehead atoms. The molecule has 25 heavy (non-hydrogen) atoms. The highest BCUT2D eigenvalue weighted by atomic mass is 32.1. The highest BCUT2D eigenvalue weighted by molar-refractivity contribution is 7.10. The molecular formula is C17H16FN3O3S. The fourth-order valence-corrected chi connectivity index (χ4v) is 3.44. The van der Waals surface area contributed by atoms with Crippen LogP contribution in [0.4, 0.5) is 14.9 Å². The van der Waals surface area contributed by atoms with E-state index in [0.717, 1.165) is 9.78 Å². The van der Waals surface area contributed by atoms with Gasteiger partial charge >= 0.3 is 6.03 Å². The third kappa shape index (κ3) is 3.39. The number of nitrogens with zero attached hydrogens (tertiary/aromatic N) is 1. The summed E-state index contributed by atoms with van der Waals surface area (Å²) in [7, 11) is 0. The number of benzene rings is 1. The van der Waals surface area contributed by atoms with E-state index >= 15 is 0 Å². The second-order valence-corrected chi connectivity index (χ2v) is 6.74. The van der Waals surface area contributed by atoms with Crippen LogP contribution < -0.4 is 10.6 Å². The van der Waals surface area contributed by atoms with E-state index in [-0.39, 0.29) is 24.8 Å². The first kappa shape index (κ1) is 17.1. The monoisotopic (exact) mass is 361 g/mol. The van der Waals surface area contributed by atoms with E-state index in [1.807, 2.05) is 11.4 Å². The van der Waals surface area contributed by atoms with Crippen LogP contribution in [0.15, 0.2) is 41.8 Å². The van der Waals surface area contributed by atoms with Crippen molar-refractivity contribution in [2.45, 2.75) is 18.9 Å². The number of halogens is 1. The SMILES string of the molecule is C[C@]1(c2cccs2)NC(=O)N(CCC(=O)Nc2ccc(F)cc2)C1=O. The summed E-state index contributed by atoms with van der Waals surface area (Å²) in [5, 5.41) is 7.12. The summed E-state index contributed by atoms with van der Waals surface area (Å²) in [5.41, 5.74) is -0.648. The van der Waals surface area contributed by atoms with Crippen LogP contribution in [0.1, 0.15) is 18.2 Å². The molecule has 1 aromatic heterocycles. The minimum Gasteiger partial charge on any atom is -0.326 e. The number of hydrogen-bond donors (Lipinski definition) is 2. The highest BCUT2D eigenvalue weighted by Crippen LogP contribution is 2.31. The Hall–Kier alpha value is -2.74. The molecule has 0 spiro atoms. The van der Waals surface area contributed by atoms with Crippen LogP contribution in [0.2, 0.25) is 0 Å². The van der Waals surface area contributed by atoms with E-state index in [1.54, 1.807) is 13.0 Å². The molecule has 1 saturated heterocycles. The topological polar surface area (TPSA) is 78.5 Å². The number of thiophene rings is 1. The maximum absolute atomic E-state index is 12.9. The van der Waals surface area contributed by atoms with Crippen molar-refractivity contribution in [1.29, 1.82) is 0 Å². The van der Waals surface area contributed by atoms with Crippen molar-refractivity contribution in [3.8, 4) is 0 Å². The Morgan fingerprint density at radius 1 is 1.28 bits per heavy atom. The number of anilines is 1. The maximum Gasteiger partial charge on any atom is 0.325 e. The lowest BCUT2D eigenvalue weighted by molar-refractivity contribution is -0.131. The number of urea groups is 1. The molecule has 0 aliphatic carbocycles. The van der Waals surface area contributed by atoms with Crippen LogP contribution >= 0.6 is 11.3 Å². The average molecular weight is 361 g/mol. The van der Waals surface area contributed by atoms with Crippen molar-refractivity contribution in [2.24, 2.45) is 0 Å². The van der Waals surface area contributed by atoms with Gasteiger partial charge in [-0.1, -0.05) is 6.07 Å². The van der Waals surface area contributed by atoms with Gasteiger partial charge < -0.3 is 10.6 Å². The molecule has 2 N–H and O–H groups in total. The van der Waals surface area contributed by atoms with Crippen molar-refractivity contribution in [1.82, 2.24) is 10.2 Å². The molecule has 6 nitrogen and oxygen atoms in total. The molecular weight excluding hydrogens is 345 g/mol. The summed E-state index contributed by atoms with van der Waals surface area (Å²) in [4.78, 5) is 38.5. The first-order chi connectivity index (χ1) is 11.9. The van der Waals surface area contributed by atoms with Crippen molar-refractivity contribution < 1.29 is 18.8 Å². The molecule has 1 aromatic carbocycles. The second kappa shape index (κ2) is 6.64. The lowest BCUT2D eigenvalue weighted by Gasteiger charge is -2.20. The molecule has 0 radical (unpaired) electrons. The number of carbonyl (C=O) groups excluding carboxylic acids is 3. The molecule has 4 amide bonds. The van der Waals surface area contributed by atoms with E-state index in [9.17, 15) is 18.8 Å². The Morgan fingerprint density at radius 3 is 2.64 bits per heavy atom. The summed E-state index contributed by atoms with van der Waals surface area (Å²) in [6.07, 6.45) is -0.0446. The van der Waals surface area contributed by atoms with Crippen molar-refractivity contribution in [2.75, 3.05) is 11.9 Å². The Balaban J connectivity index is 1.61. The van der Waals surface area contributed by atoms with Crippen molar-refractivity contribution >= 4 is 34.9 Å². The van der Waals surface area contributed by atoms with Gasteiger partial charge in [0.1, 0.15) is 5.82 Å². The molecule has 2 aromatic rings. The molecule has 0 saturated carbocycles. The van der Waals surface area contributed by atoms with Gasteiger partial charge in [0.15, 0.2) is 5.54 Å². The third-order valence-electron chi connectivity index (χ3n) is 3.98. The first-order valence-electron chi connectivity index (χ1n) is 7.63. The lowest BCUT2D eigenvalue weighted by atomic mass is 10.0. The molecule has 130 valence electrons. The highest BCUT2D eigenvalue weighted by Gasteiger charge is 2.49. The summed E-state index contributed by atoms with van der Waals surface area (Å²) < 4.78 is 12.9. The van der Waals surface area contributed by atoms with Crippen molar-refractivity contribution in [3.05, 3.63) is 52.5 Å². The number of nitrogens with one attached hydrogen (secondary N) is 2. The predicted octanol–water partition coefficient (Wildman–Crippen LogP) is 2.68. The smallest absolute Gasteiger partial charge is 0.325 e. The molecule has 8 heteroatoms. The third-order valence-corrected chi connectivity index (χ3v) is 5.07. The number of imide groups is 1. The van der Waals surface area contributed by atoms with E-state index in [0.29, 0.717) is 5.69 Å². The molecule has 0 unspecified atom stereocenters. The lowest BCUT2D eigenvalue weighted by Crippen LogP contribution is -2.40. The molecule has 1 aliphatic heterocycles. The molecule has 1 fully saturated rings. The van der Waals surface area contributed by atoms with Crippen LogP contribution in [-0.4, -0.2) is 29.3 Å². The number of hydrogen-bond acceptors (Lipinski definition) is 4.